The van der Waals surface area contributed by atoms with Crippen LogP contribution in [0.4, 0.5) is 10.5 Å². The summed E-state index contributed by atoms with van der Waals surface area (Å²) in [7, 11) is 0. The lowest BCUT2D eigenvalue weighted by atomic mass is 10.1. The second-order valence-electron chi connectivity index (χ2n) is 4.79. The first kappa shape index (κ1) is 14.6. The fourth-order valence-electron chi connectivity index (χ4n) is 1.93. The van der Waals surface area contributed by atoms with Crippen LogP contribution in [0.1, 0.15) is 16.7 Å². The predicted octanol–water partition coefficient (Wildman–Crippen LogP) is 2.60. The molecule has 2 aromatic carbocycles. The number of nitrogens with two attached hydrogens (primary N) is 1. The third-order valence-corrected chi connectivity index (χ3v) is 2.97. The van der Waals surface area contributed by atoms with E-state index in [-0.39, 0.29) is 11.9 Å². The Morgan fingerprint density at radius 3 is 2.67 bits per heavy atom. The SMILES string of the molecule is Cc1cccc(NC(=O)NCc2cccc(C(=N)N)c2)c1. The van der Waals surface area contributed by atoms with E-state index < -0.39 is 0 Å². The molecule has 5 heteroatoms. The van der Waals surface area contributed by atoms with Gasteiger partial charge in [-0.15, -0.1) is 0 Å². The number of nitrogen functional groups attached to an aromatic ring is 1. The van der Waals surface area contributed by atoms with Gasteiger partial charge in [0, 0.05) is 17.8 Å². The first-order valence-electron chi connectivity index (χ1n) is 6.59. The molecule has 0 heterocycles. The standard InChI is InChI=1S/C16H18N4O/c1-11-4-2-7-14(8-11)20-16(21)19-10-12-5-3-6-13(9-12)15(17)18/h2-9H,10H2,1H3,(H3,17,18)(H2,19,20,21). The molecular formula is C16H18N4O. The number of urea groups is 1. The summed E-state index contributed by atoms with van der Waals surface area (Å²) in [6.45, 7) is 2.34. The van der Waals surface area contributed by atoms with Crippen LogP contribution in [0.15, 0.2) is 48.5 Å². The van der Waals surface area contributed by atoms with E-state index >= 15 is 0 Å². The van der Waals surface area contributed by atoms with Gasteiger partial charge in [0.25, 0.3) is 0 Å². The molecule has 0 saturated carbocycles. The number of hydrogen-bond acceptors (Lipinski definition) is 2. The van der Waals surface area contributed by atoms with Crippen molar-refractivity contribution in [3.63, 3.8) is 0 Å². The molecular weight excluding hydrogens is 264 g/mol. The normalized spacial score (nSPS) is 9.95. The fraction of sp³-hybridized carbons (Fsp3) is 0.125. The lowest BCUT2D eigenvalue weighted by Crippen LogP contribution is -2.28. The van der Waals surface area contributed by atoms with Gasteiger partial charge in [0.2, 0.25) is 0 Å². The van der Waals surface area contributed by atoms with Crippen molar-refractivity contribution in [2.75, 3.05) is 5.32 Å². The van der Waals surface area contributed by atoms with Crippen molar-refractivity contribution in [1.82, 2.24) is 5.32 Å². The number of nitrogens with one attached hydrogen (secondary N) is 3. The van der Waals surface area contributed by atoms with Crippen LogP contribution in [0.25, 0.3) is 0 Å². The molecule has 0 aliphatic carbocycles. The summed E-state index contributed by atoms with van der Waals surface area (Å²) >= 11 is 0. The number of amides is 2. The van der Waals surface area contributed by atoms with Crippen LogP contribution >= 0.6 is 0 Å². The molecule has 2 rings (SSSR count). The molecule has 21 heavy (non-hydrogen) atoms. The van der Waals surface area contributed by atoms with Gasteiger partial charge in [-0.2, -0.15) is 0 Å². The number of anilines is 1. The third-order valence-electron chi connectivity index (χ3n) is 2.97. The largest absolute Gasteiger partial charge is 0.384 e. The minimum atomic E-state index is -0.270. The van der Waals surface area contributed by atoms with Crippen LogP contribution < -0.4 is 16.4 Å². The molecule has 2 amide bonds. The van der Waals surface area contributed by atoms with E-state index in [1.165, 1.54) is 0 Å². The second kappa shape index (κ2) is 6.56. The Morgan fingerprint density at radius 1 is 1.19 bits per heavy atom. The Balaban J connectivity index is 1.92. The highest BCUT2D eigenvalue weighted by atomic mass is 16.2. The van der Waals surface area contributed by atoms with Crippen molar-refractivity contribution >= 4 is 17.6 Å². The van der Waals surface area contributed by atoms with Crippen molar-refractivity contribution in [3.8, 4) is 0 Å². The Bertz CT molecular complexity index is 667. The molecule has 108 valence electrons. The number of hydrogen-bond donors (Lipinski definition) is 4. The molecule has 0 fully saturated rings. The maximum atomic E-state index is 11.8. The van der Waals surface area contributed by atoms with Gasteiger partial charge in [0.1, 0.15) is 5.84 Å². The van der Waals surface area contributed by atoms with Crippen LogP contribution in [0.3, 0.4) is 0 Å². The van der Waals surface area contributed by atoms with Crippen molar-refractivity contribution in [1.29, 1.82) is 5.41 Å². The van der Waals surface area contributed by atoms with Crippen LogP contribution in [0.2, 0.25) is 0 Å². The van der Waals surface area contributed by atoms with Gasteiger partial charge >= 0.3 is 6.03 Å². The number of rotatable bonds is 4. The van der Waals surface area contributed by atoms with Gasteiger partial charge in [-0.1, -0.05) is 30.3 Å². The minimum absolute atomic E-state index is 0.0149. The van der Waals surface area contributed by atoms with Crippen molar-refractivity contribution in [2.45, 2.75) is 13.5 Å². The van der Waals surface area contributed by atoms with Gasteiger partial charge < -0.3 is 16.4 Å². The summed E-state index contributed by atoms with van der Waals surface area (Å²) in [5.41, 5.74) is 8.82. The van der Waals surface area contributed by atoms with Crippen LogP contribution in [-0.4, -0.2) is 11.9 Å². The number of benzene rings is 2. The summed E-state index contributed by atoms with van der Waals surface area (Å²) < 4.78 is 0. The molecule has 0 atom stereocenters. The molecule has 0 spiro atoms. The number of carbonyl (C=O) groups is 1. The monoisotopic (exact) mass is 282 g/mol. The maximum absolute atomic E-state index is 11.8. The van der Waals surface area contributed by atoms with Crippen LogP contribution in [0, 0.1) is 12.3 Å². The summed E-state index contributed by atoms with van der Waals surface area (Å²) in [5, 5.41) is 12.9. The van der Waals surface area contributed by atoms with E-state index in [1.807, 2.05) is 43.3 Å². The van der Waals surface area contributed by atoms with Gasteiger partial charge in [-0.25, -0.2) is 4.79 Å². The third kappa shape index (κ3) is 4.35. The summed E-state index contributed by atoms with van der Waals surface area (Å²) in [6, 6.07) is 14.6. The summed E-state index contributed by atoms with van der Waals surface area (Å²) in [4.78, 5) is 11.8. The fourth-order valence-corrected chi connectivity index (χ4v) is 1.93. The Kier molecular flexibility index (Phi) is 4.56. The highest BCUT2D eigenvalue weighted by Gasteiger charge is 2.03. The molecule has 0 radical (unpaired) electrons. The van der Waals surface area contributed by atoms with Crippen LogP contribution in [0.5, 0.6) is 0 Å². The number of amidine groups is 1. The van der Waals surface area contributed by atoms with Crippen LogP contribution in [-0.2, 0) is 6.54 Å². The second-order valence-corrected chi connectivity index (χ2v) is 4.79. The average molecular weight is 282 g/mol. The van der Waals surface area contributed by atoms with Crippen molar-refractivity contribution in [3.05, 3.63) is 65.2 Å². The van der Waals surface area contributed by atoms with Gasteiger partial charge in [0.15, 0.2) is 0 Å². The molecule has 0 bridgehead atoms. The van der Waals surface area contributed by atoms with E-state index in [0.29, 0.717) is 12.1 Å². The zero-order valence-corrected chi connectivity index (χ0v) is 11.8. The molecule has 2 aromatic rings. The smallest absolute Gasteiger partial charge is 0.319 e. The molecule has 0 aliphatic heterocycles. The molecule has 0 saturated heterocycles. The summed E-state index contributed by atoms with van der Waals surface area (Å²) in [6.07, 6.45) is 0. The topological polar surface area (TPSA) is 91.0 Å². The van der Waals surface area contributed by atoms with E-state index in [4.69, 9.17) is 11.1 Å². The van der Waals surface area contributed by atoms with Crippen molar-refractivity contribution in [2.24, 2.45) is 5.73 Å². The number of aryl methyl sites for hydroxylation is 1. The first-order valence-corrected chi connectivity index (χ1v) is 6.59. The molecule has 0 aromatic heterocycles. The first-order chi connectivity index (χ1) is 10.0. The average Bonchev–Trinajstić information content (AvgIpc) is 2.45. The highest BCUT2D eigenvalue weighted by molar-refractivity contribution is 5.95. The van der Waals surface area contributed by atoms with Gasteiger partial charge in [-0.05, 0) is 36.2 Å². The molecule has 5 N–H and O–H groups in total. The minimum Gasteiger partial charge on any atom is -0.384 e. The molecule has 0 unspecified atom stereocenters. The van der Waals surface area contributed by atoms with E-state index in [9.17, 15) is 4.79 Å². The van der Waals surface area contributed by atoms with E-state index in [1.54, 1.807) is 12.1 Å². The lowest BCUT2D eigenvalue weighted by molar-refractivity contribution is 0.251. The maximum Gasteiger partial charge on any atom is 0.319 e. The zero-order valence-electron chi connectivity index (χ0n) is 11.8. The molecule has 5 nitrogen and oxygen atoms in total. The Hall–Kier alpha value is -2.82. The molecule has 0 aliphatic rings. The van der Waals surface area contributed by atoms with E-state index in [0.717, 1.165) is 16.8 Å². The van der Waals surface area contributed by atoms with Gasteiger partial charge in [-0.3, -0.25) is 5.41 Å². The zero-order chi connectivity index (χ0) is 15.2. The predicted molar refractivity (Wildman–Crippen MR) is 84.5 cm³/mol. The number of carbonyl (C=O) groups excluding carboxylic acids is 1. The lowest BCUT2D eigenvalue weighted by Gasteiger charge is -2.09. The summed E-state index contributed by atoms with van der Waals surface area (Å²) in [5.74, 6) is 0.0149. The van der Waals surface area contributed by atoms with E-state index in [2.05, 4.69) is 10.6 Å². The Labute approximate surface area is 123 Å². The van der Waals surface area contributed by atoms with Gasteiger partial charge in [0.05, 0.1) is 0 Å². The highest BCUT2D eigenvalue weighted by Crippen LogP contribution is 2.09. The van der Waals surface area contributed by atoms with Crippen molar-refractivity contribution < 1.29 is 4.79 Å². The quantitative estimate of drug-likeness (QED) is 0.513. The Morgan fingerprint density at radius 2 is 1.95 bits per heavy atom.